The van der Waals surface area contributed by atoms with Gasteiger partial charge in [0.2, 0.25) is 5.95 Å². The number of nitrogens with one attached hydrogen (secondary N) is 2. The van der Waals surface area contributed by atoms with Gasteiger partial charge in [0.25, 0.3) is 0 Å². The van der Waals surface area contributed by atoms with Gasteiger partial charge in [-0.05, 0) is 43.3 Å². The van der Waals surface area contributed by atoms with Crippen LogP contribution in [0.4, 0.5) is 17.5 Å². The molecule has 0 saturated carbocycles. The molecule has 0 aliphatic rings. The van der Waals surface area contributed by atoms with Crippen molar-refractivity contribution in [1.29, 1.82) is 0 Å². The molecule has 0 saturated heterocycles. The molecule has 0 radical (unpaired) electrons. The van der Waals surface area contributed by atoms with E-state index in [2.05, 4.69) is 30.8 Å². The van der Waals surface area contributed by atoms with Gasteiger partial charge >= 0.3 is 0 Å². The lowest BCUT2D eigenvalue weighted by molar-refractivity contribution is 0.340. The molecule has 0 aliphatic heterocycles. The monoisotopic (exact) mass is 322 g/mol. The molecule has 0 spiro atoms. The van der Waals surface area contributed by atoms with Crippen molar-refractivity contribution in [3.8, 4) is 5.75 Å². The normalized spacial score (nSPS) is 10.2. The molecule has 2 heterocycles. The van der Waals surface area contributed by atoms with Crippen LogP contribution in [0.15, 0.2) is 54.9 Å². The molecular formula is C17H18N6O. The number of pyridine rings is 1. The summed E-state index contributed by atoms with van der Waals surface area (Å²) in [6.45, 7) is 3.14. The first-order chi connectivity index (χ1) is 11.8. The molecule has 3 aromatic rings. The number of hydrogen-bond acceptors (Lipinski definition) is 7. The van der Waals surface area contributed by atoms with Gasteiger partial charge in [-0.25, -0.2) is 0 Å². The lowest BCUT2D eigenvalue weighted by atomic mass is 10.3. The van der Waals surface area contributed by atoms with E-state index < -0.39 is 0 Å². The summed E-state index contributed by atoms with van der Waals surface area (Å²) in [5.74, 6) is 1.89. The lowest BCUT2D eigenvalue weighted by Gasteiger charge is -2.08. The largest absolute Gasteiger partial charge is 0.494 e. The van der Waals surface area contributed by atoms with E-state index in [-0.39, 0.29) is 0 Å². The lowest BCUT2D eigenvalue weighted by Crippen LogP contribution is -2.07. The van der Waals surface area contributed by atoms with Crippen LogP contribution in [0.25, 0.3) is 0 Å². The zero-order chi connectivity index (χ0) is 16.6. The Morgan fingerprint density at radius 1 is 1.08 bits per heavy atom. The second-order valence-corrected chi connectivity index (χ2v) is 4.92. The van der Waals surface area contributed by atoms with Crippen LogP contribution < -0.4 is 15.4 Å². The first kappa shape index (κ1) is 15.7. The molecule has 7 heteroatoms. The molecule has 0 bridgehead atoms. The summed E-state index contributed by atoms with van der Waals surface area (Å²) in [7, 11) is 0. The van der Waals surface area contributed by atoms with E-state index in [1.807, 2.05) is 49.4 Å². The second kappa shape index (κ2) is 7.87. The summed E-state index contributed by atoms with van der Waals surface area (Å²) in [6.07, 6.45) is 3.32. The second-order valence-electron chi connectivity index (χ2n) is 4.92. The fourth-order valence-corrected chi connectivity index (χ4v) is 2.06. The van der Waals surface area contributed by atoms with Gasteiger partial charge in [0.05, 0.1) is 25.0 Å². The van der Waals surface area contributed by atoms with Crippen molar-refractivity contribution in [3.63, 3.8) is 0 Å². The van der Waals surface area contributed by atoms with Gasteiger partial charge in [0.15, 0.2) is 5.82 Å². The Morgan fingerprint density at radius 2 is 1.96 bits per heavy atom. The summed E-state index contributed by atoms with van der Waals surface area (Å²) in [5, 5.41) is 14.2. The summed E-state index contributed by atoms with van der Waals surface area (Å²) in [6, 6.07) is 13.4. The van der Waals surface area contributed by atoms with E-state index in [1.54, 1.807) is 12.4 Å². The minimum Gasteiger partial charge on any atom is -0.494 e. The topological polar surface area (TPSA) is 84.9 Å². The van der Waals surface area contributed by atoms with Crippen molar-refractivity contribution in [3.05, 3.63) is 60.6 Å². The molecule has 2 N–H and O–H groups in total. The first-order valence-corrected chi connectivity index (χ1v) is 7.67. The number of anilines is 3. The van der Waals surface area contributed by atoms with Crippen LogP contribution in [0.3, 0.4) is 0 Å². The zero-order valence-corrected chi connectivity index (χ0v) is 13.3. The maximum Gasteiger partial charge on any atom is 0.245 e. The fourth-order valence-electron chi connectivity index (χ4n) is 2.06. The number of ether oxygens (including phenoxy) is 1. The number of aromatic nitrogens is 4. The smallest absolute Gasteiger partial charge is 0.245 e. The molecule has 0 aliphatic carbocycles. The summed E-state index contributed by atoms with van der Waals surface area (Å²) < 4.78 is 5.42. The average molecular weight is 322 g/mol. The molecular weight excluding hydrogens is 304 g/mol. The van der Waals surface area contributed by atoms with Crippen LogP contribution in [0.5, 0.6) is 5.75 Å². The van der Waals surface area contributed by atoms with Crippen molar-refractivity contribution < 1.29 is 4.74 Å². The van der Waals surface area contributed by atoms with Crippen molar-refractivity contribution >= 4 is 17.5 Å². The molecule has 3 rings (SSSR count). The molecule has 1 aromatic carbocycles. The standard InChI is InChI=1S/C17H18N6O/c1-2-24-15-8-6-13(7-9-15)21-16-12-20-23-17(22-16)19-11-14-5-3-4-10-18-14/h3-10,12H,2,11H2,1H3,(H2,19,21,22,23). The molecule has 122 valence electrons. The zero-order valence-electron chi connectivity index (χ0n) is 13.3. The fraction of sp³-hybridized carbons (Fsp3) is 0.176. The van der Waals surface area contributed by atoms with Crippen molar-refractivity contribution in [2.45, 2.75) is 13.5 Å². The average Bonchev–Trinajstić information content (AvgIpc) is 2.63. The Labute approximate surface area is 140 Å². The van der Waals surface area contributed by atoms with Gasteiger partial charge in [-0.2, -0.15) is 10.1 Å². The van der Waals surface area contributed by atoms with Crippen LogP contribution in [-0.2, 0) is 6.54 Å². The van der Waals surface area contributed by atoms with E-state index in [0.29, 0.717) is 24.9 Å². The highest BCUT2D eigenvalue weighted by Gasteiger charge is 2.02. The maximum atomic E-state index is 5.42. The van der Waals surface area contributed by atoms with Crippen LogP contribution in [0.1, 0.15) is 12.6 Å². The number of hydrogen-bond donors (Lipinski definition) is 2. The van der Waals surface area contributed by atoms with E-state index in [0.717, 1.165) is 17.1 Å². The van der Waals surface area contributed by atoms with E-state index in [4.69, 9.17) is 4.74 Å². The predicted octanol–water partition coefficient (Wildman–Crippen LogP) is 3.02. The minimum absolute atomic E-state index is 0.441. The van der Waals surface area contributed by atoms with Crippen molar-refractivity contribution in [1.82, 2.24) is 20.2 Å². The van der Waals surface area contributed by atoms with Crippen LogP contribution in [-0.4, -0.2) is 26.8 Å². The third-order valence-electron chi connectivity index (χ3n) is 3.15. The Kier molecular flexibility index (Phi) is 5.14. The Morgan fingerprint density at radius 3 is 2.71 bits per heavy atom. The number of benzene rings is 1. The molecule has 7 nitrogen and oxygen atoms in total. The molecule has 0 fully saturated rings. The quantitative estimate of drug-likeness (QED) is 0.691. The van der Waals surface area contributed by atoms with E-state index >= 15 is 0 Å². The molecule has 0 atom stereocenters. The highest BCUT2D eigenvalue weighted by atomic mass is 16.5. The molecule has 0 unspecified atom stereocenters. The highest BCUT2D eigenvalue weighted by molar-refractivity contribution is 5.57. The Balaban J connectivity index is 1.62. The summed E-state index contributed by atoms with van der Waals surface area (Å²) >= 11 is 0. The third-order valence-corrected chi connectivity index (χ3v) is 3.15. The van der Waals surface area contributed by atoms with Crippen LogP contribution in [0, 0.1) is 0 Å². The highest BCUT2D eigenvalue weighted by Crippen LogP contribution is 2.19. The first-order valence-electron chi connectivity index (χ1n) is 7.67. The maximum absolute atomic E-state index is 5.42. The SMILES string of the molecule is CCOc1ccc(Nc2cnnc(NCc3ccccn3)n2)cc1. The van der Waals surface area contributed by atoms with Crippen molar-refractivity contribution in [2.75, 3.05) is 17.2 Å². The number of nitrogens with zero attached hydrogens (tertiary/aromatic N) is 4. The van der Waals surface area contributed by atoms with Gasteiger partial charge in [0.1, 0.15) is 5.75 Å². The Hall–Kier alpha value is -3.22. The summed E-state index contributed by atoms with van der Waals surface area (Å²) in [4.78, 5) is 8.63. The third kappa shape index (κ3) is 4.39. The van der Waals surface area contributed by atoms with E-state index in [9.17, 15) is 0 Å². The molecule has 0 amide bonds. The van der Waals surface area contributed by atoms with E-state index in [1.165, 1.54) is 0 Å². The summed E-state index contributed by atoms with van der Waals surface area (Å²) in [5.41, 5.74) is 1.81. The van der Waals surface area contributed by atoms with Gasteiger partial charge in [-0.1, -0.05) is 6.07 Å². The van der Waals surface area contributed by atoms with Gasteiger partial charge in [0, 0.05) is 11.9 Å². The number of rotatable bonds is 7. The minimum atomic E-state index is 0.441. The molecule has 24 heavy (non-hydrogen) atoms. The predicted molar refractivity (Wildman–Crippen MR) is 92.3 cm³/mol. The van der Waals surface area contributed by atoms with Gasteiger partial charge < -0.3 is 15.4 Å². The molecule has 2 aromatic heterocycles. The van der Waals surface area contributed by atoms with Crippen LogP contribution >= 0.6 is 0 Å². The van der Waals surface area contributed by atoms with Gasteiger partial charge in [-0.15, -0.1) is 5.10 Å². The van der Waals surface area contributed by atoms with Gasteiger partial charge in [-0.3, -0.25) is 4.98 Å². The van der Waals surface area contributed by atoms with Crippen molar-refractivity contribution in [2.24, 2.45) is 0 Å². The van der Waals surface area contributed by atoms with Crippen LogP contribution in [0.2, 0.25) is 0 Å². The Bertz CT molecular complexity index is 764.